The molecule has 0 unspecified atom stereocenters. The minimum Gasteiger partial charge on any atom is -0.325 e. The molecule has 0 aliphatic rings. The summed E-state index contributed by atoms with van der Waals surface area (Å²) < 4.78 is 2.34. The number of thioether (sulfide) groups is 2. The summed E-state index contributed by atoms with van der Waals surface area (Å²) in [6.07, 6.45) is 2.83. The maximum atomic E-state index is 12.6. The lowest BCUT2D eigenvalue weighted by molar-refractivity contribution is -0.113. The first-order chi connectivity index (χ1) is 12.6. The summed E-state index contributed by atoms with van der Waals surface area (Å²) in [4.78, 5) is 30.6. The molecule has 2 aromatic heterocycles. The van der Waals surface area contributed by atoms with Gasteiger partial charge < -0.3 is 5.32 Å². The molecule has 5 nitrogen and oxygen atoms in total. The minimum absolute atomic E-state index is 0.0255. The Balaban J connectivity index is 1.75. The lowest BCUT2D eigenvalue weighted by atomic mass is 10.3. The Kier molecular flexibility index (Phi) is 6.39. The van der Waals surface area contributed by atoms with E-state index in [0.29, 0.717) is 21.9 Å². The van der Waals surface area contributed by atoms with E-state index in [-0.39, 0.29) is 17.2 Å². The van der Waals surface area contributed by atoms with Crippen LogP contribution < -0.4 is 10.9 Å². The van der Waals surface area contributed by atoms with Gasteiger partial charge in [0.25, 0.3) is 5.56 Å². The fourth-order valence-corrected chi connectivity index (χ4v) is 4.55. The van der Waals surface area contributed by atoms with E-state index in [1.165, 1.54) is 23.1 Å². The quantitative estimate of drug-likeness (QED) is 0.468. The first-order valence-corrected chi connectivity index (χ1v) is 11.3. The Morgan fingerprint density at radius 3 is 2.96 bits per heavy atom. The molecule has 0 bridgehead atoms. The second kappa shape index (κ2) is 8.75. The SMILES string of the molecule is CCCn1c(SCC(=O)Nc2cccc(SC)c2)nc2ccsc2c1=O. The number of nitrogens with one attached hydrogen (secondary N) is 1. The fraction of sp³-hybridized carbons (Fsp3) is 0.278. The van der Waals surface area contributed by atoms with Crippen molar-refractivity contribution in [2.45, 2.75) is 29.9 Å². The predicted molar refractivity (Wildman–Crippen MR) is 112 cm³/mol. The highest BCUT2D eigenvalue weighted by Gasteiger charge is 2.14. The van der Waals surface area contributed by atoms with Crippen LogP contribution in [0.4, 0.5) is 5.69 Å². The lowest BCUT2D eigenvalue weighted by Gasteiger charge is -2.11. The molecular formula is C18H19N3O2S3. The van der Waals surface area contributed by atoms with Crippen molar-refractivity contribution in [1.29, 1.82) is 0 Å². The molecule has 0 saturated carbocycles. The van der Waals surface area contributed by atoms with Crippen LogP contribution in [0.25, 0.3) is 10.2 Å². The highest BCUT2D eigenvalue weighted by Crippen LogP contribution is 2.22. The van der Waals surface area contributed by atoms with E-state index in [1.54, 1.807) is 16.3 Å². The van der Waals surface area contributed by atoms with Crippen LogP contribution in [-0.4, -0.2) is 27.5 Å². The van der Waals surface area contributed by atoms with Gasteiger partial charge in [-0.05, 0) is 42.3 Å². The molecule has 0 aliphatic heterocycles. The van der Waals surface area contributed by atoms with Gasteiger partial charge in [-0.25, -0.2) is 4.98 Å². The predicted octanol–water partition coefficient (Wildman–Crippen LogP) is 4.32. The second-order valence-electron chi connectivity index (χ2n) is 5.55. The highest BCUT2D eigenvalue weighted by molar-refractivity contribution is 7.99. The van der Waals surface area contributed by atoms with Crippen LogP contribution in [0.3, 0.4) is 0 Å². The van der Waals surface area contributed by atoms with Crippen LogP contribution in [0.15, 0.2) is 50.6 Å². The summed E-state index contributed by atoms with van der Waals surface area (Å²) >= 11 is 4.33. The molecule has 0 spiro atoms. The zero-order valence-electron chi connectivity index (χ0n) is 14.5. The summed E-state index contributed by atoms with van der Waals surface area (Å²) in [5.41, 5.74) is 1.44. The van der Waals surface area contributed by atoms with E-state index < -0.39 is 0 Å². The van der Waals surface area contributed by atoms with Crippen LogP contribution in [0.2, 0.25) is 0 Å². The molecule has 0 aliphatic carbocycles. The minimum atomic E-state index is -0.115. The molecule has 0 atom stereocenters. The van der Waals surface area contributed by atoms with Crippen molar-refractivity contribution < 1.29 is 4.79 Å². The number of carbonyl (C=O) groups excluding carboxylic acids is 1. The first kappa shape index (κ1) is 19.0. The third-order valence-corrected chi connectivity index (χ3v) is 6.26. The number of amides is 1. The number of aromatic nitrogens is 2. The molecular weight excluding hydrogens is 386 g/mol. The van der Waals surface area contributed by atoms with Gasteiger partial charge in [0.05, 0.1) is 11.3 Å². The van der Waals surface area contributed by atoms with Crippen molar-refractivity contribution >= 4 is 56.7 Å². The number of fused-ring (bicyclic) bond motifs is 1. The third-order valence-electron chi connectivity index (χ3n) is 3.66. The molecule has 3 rings (SSSR count). The molecule has 0 radical (unpaired) electrons. The van der Waals surface area contributed by atoms with Gasteiger partial charge in [0.1, 0.15) is 4.70 Å². The van der Waals surface area contributed by atoms with Crippen molar-refractivity contribution in [2.75, 3.05) is 17.3 Å². The van der Waals surface area contributed by atoms with Crippen molar-refractivity contribution in [1.82, 2.24) is 9.55 Å². The fourth-order valence-electron chi connectivity index (χ4n) is 2.48. The molecule has 1 amide bonds. The van der Waals surface area contributed by atoms with Crippen molar-refractivity contribution in [3.05, 3.63) is 46.1 Å². The summed E-state index contributed by atoms with van der Waals surface area (Å²) in [7, 11) is 0. The summed E-state index contributed by atoms with van der Waals surface area (Å²) in [6, 6.07) is 9.56. The molecule has 1 aromatic carbocycles. The van der Waals surface area contributed by atoms with Crippen molar-refractivity contribution in [3.63, 3.8) is 0 Å². The van der Waals surface area contributed by atoms with Crippen LogP contribution in [-0.2, 0) is 11.3 Å². The summed E-state index contributed by atoms with van der Waals surface area (Å²) in [5.74, 6) is 0.0888. The zero-order chi connectivity index (χ0) is 18.5. The van der Waals surface area contributed by atoms with Gasteiger partial charge in [-0.1, -0.05) is 24.8 Å². The number of thiophene rings is 1. The van der Waals surface area contributed by atoms with E-state index >= 15 is 0 Å². The van der Waals surface area contributed by atoms with E-state index in [4.69, 9.17) is 0 Å². The molecule has 0 fully saturated rings. The second-order valence-corrected chi connectivity index (χ2v) is 8.29. The lowest BCUT2D eigenvalue weighted by Crippen LogP contribution is -2.23. The largest absolute Gasteiger partial charge is 0.325 e. The van der Waals surface area contributed by atoms with Gasteiger partial charge in [-0.15, -0.1) is 23.1 Å². The third kappa shape index (κ3) is 4.31. The Morgan fingerprint density at radius 1 is 1.35 bits per heavy atom. The molecule has 26 heavy (non-hydrogen) atoms. The van der Waals surface area contributed by atoms with Crippen LogP contribution in [0.1, 0.15) is 13.3 Å². The average Bonchev–Trinajstić information content (AvgIpc) is 3.11. The molecule has 3 aromatic rings. The molecule has 1 N–H and O–H groups in total. The van der Waals surface area contributed by atoms with Crippen LogP contribution in [0, 0.1) is 0 Å². The zero-order valence-corrected chi connectivity index (χ0v) is 17.0. The molecule has 0 saturated heterocycles. The van der Waals surface area contributed by atoms with E-state index in [1.807, 2.05) is 48.9 Å². The van der Waals surface area contributed by atoms with E-state index in [2.05, 4.69) is 10.3 Å². The number of rotatable bonds is 7. The van der Waals surface area contributed by atoms with Crippen LogP contribution in [0.5, 0.6) is 0 Å². The number of hydrogen-bond donors (Lipinski definition) is 1. The average molecular weight is 406 g/mol. The summed E-state index contributed by atoms with van der Waals surface area (Å²) in [5, 5.41) is 5.36. The van der Waals surface area contributed by atoms with Gasteiger partial charge in [-0.2, -0.15) is 0 Å². The Hall–Kier alpha value is -1.77. The normalized spacial score (nSPS) is 11.0. The molecule has 136 valence electrons. The Labute approximate surface area is 164 Å². The number of anilines is 1. The maximum Gasteiger partial charge on any atom is 0.272 e. The molecule has 8 heteroatoms. The monoisotopic (exact) mass is 405 g/mol. The Morgan fingerprint density at radius 2 is 2.19 bits per heavy atom. The highest BCUT2D eigenvalue weighted by atomic mass is 32.2. The van der Waals surface area contributed by atoms with Crippen LogP contribution >= 0.6 is 34.9 Å². The van der Waals surface area contributed by atoms with Gasteiger partial charge in [0, 0.05) is 17.1 Å². The van der Waals surface area contributed by atoms with Gasteiger partial charge in [0.2, 0.25) is 5.91 Å². The smallest absolute Gasteiger partial charge is 0.272 e. The van der Waals surface area contributed by atoms with Crippen molar-refractivity contribution in [3.8, 4) is 0 Å². The first-order valence-electron chi connectivity index (χ1n) is 8.17. The van der Waals surface area contributed by atoms with Crippen molar-refractivity contribution in [2.24, 2.45) is 0 Å². The Bertz CT molecular complexity index is 981. The number of benzene rings is 1. The van der Waals surface area contributed by atoms with Gasteiger partial charge >= 0.3 is 0 Å². The number of hydrogen-bond acceptors (Lipinski definition) is 6. The number of carbonyl (C=O) groups is 1. The number of nitrogens with zero attached hydrogens (tertiary/aromatic N) is 2. The van der Waals surface area contributed by atoms with E-state index in [9.17, 15) is 9.59 Å². The van der Waals surface area contributed by atoms with Gasteiger partial charge in [0.15, 0.2) is 5.16 Å². The van der Waals surface area contributed by atoms with Gasteiger partial charge in [-0.3, -0.25) is 14.2 Å². The topological polar surface area (TPSA) is 64.0 Å². The standard InChI is InChI=1S/C18H19N3O2S3/c1-3-8-21-17(23)16-14(7-9-25-16)20-18(21)26-11-15(22)19-12-5-4-6-13(10-12)24-2/h4-7,9-10H,3,8,11H2,1-2H3,(H,19,22). The summed E-state index contributed by atoms with van der Waals surface area (Å²) in [6.45, 7) is 2.62. The van der Waals surface area contributed by atoms with E-state index in [0.717, 1.165) is 17.0 Å². The molecule has 2 heterocycles. The maximum absolute atomic E-state index is 12.6.